The van der Waals surface area contributed by atoms with E-state index in [0.717, 1.165) is 73.1 Å². The summed E-state index contributed by atoms with van der Waals surface area (Å²) in [6, 6.07) is 0.694. The van der Waals surface area contributed by atoms with Crippen LogP contribution in [0.25, 0.3) is 0 Å². The normalized spacial score (nSPS) is 20.0. The number of nitrogens with one attached hydrogen (secondary N) is 1. The van der Waals surface area contributed by atoms with E-state index in [4.69, 9.17) is 10.1 Å². The molecule has 3 aliphatic rings. The van der Waals surface area contributed by atoms with Crippen molar-refractivity contribution >= 4 is 21.6 Å². The molecule has 0 aromatic carbocycles. The maximum absolute atomic E-state index is 12.9. The first-order valence-electron chi connectivity index (χ1n) is 10.5. The van der Waals surface area contributed by atoms with Crippen LogP contribution in [0.1, 0.15) is 60.8 Å². The fourth-order valence-electron chi connectivity index (χ4n) is 4.85. The predicted molar refractivity (Wildman–Crippen MR) is 111 cm³/mol. The van der Waals surface area contributed by atoms with E-state index in [1.165, 1.54) is 10.7 Å². The first-order chi connectivity index (χ1) is 14.4. The van der Waals surface area contributed by atoms with E-state index < -0.39 is 15.9 Å². The summed E-state index contributed by atoms with van der Waals surface area (Å²) in [6.45, 7) is 2.06. The van der Waals surface area contributed by atoms with Crippen molar-refractivity contribution in [3.8, 4) is 0 Å². The topological polar surface area (TPSA) is 135 Å². The Morgan fingerprint density at radius 2 is 2.13 bits per heavy atom. The molecule has 2 heterocycles. The van der Waals surface area contributed by atoms with Crippen molar-refractivity contribution in [3.63, 3.8) is 0 Å². The van der Waals surface area contributed by atoms with Crippen LogP contribution < -0.4 is 10.5 Å². The first-order valence-corrected chi connectivity index (χ1v) is 12.0. The highest BCUT2D eigenvalue weighted by Crippen LogP contribution is 2.58. The minimum atomic E-state index is -3.54. The number of nitrogens with zero attached hydrogens (tertiary/aromatic N) is 4. The average Bonchev–Trinajstić information content (AvgIpc) is 3.07. The fourth-order valence-corrected chi connectivity index (χ4v) is 5.76. The van der Waals surface area contributed by atoms with Crippen LogP contribution in [-0.2, 0) is 47.7 Å². The maximum Gasteiger partial charge on any atom is 0.354 e. The smallest absolute Gasteiger partial charge is 0.354 e. The summed E-state index contributed by atoms with van der Waals surface area (Å²) in [5.74, 6) is 0. The number of hydrogen-bond donors (Lipinski definition) is 3. The Hall–Kier alpha value is -2.30. The van der Waals surface area contributed by atoms with Crippen LogP contribution in [-0.4, -0.2) is 30.1 Å². The van der Waals surface area contributed by atoms with E-state index in [1.54, 1.807) is 0 Å². The van der Waals surface area contributed by atoms with Crippen LogP contribution >= 0.6 is 0 Å². The van der Waals surface area contributed by atoms with Crippen molar-refractivity contribution in [2.75, 3.05) is 5.32 Å². The average molecular weight is 431 g/mol. The van der Waals surface area contributed by atoms with Gasteiger partial charge in [-0.2, -0.15) is 5.10 Å². The molecule has 2 amide bonds. The molecule has 160 valence electrons. The van der Waals surface area contributed by atoms with Gasteiger partial charge in [-0.1, -0.05) is 0 Å². The number of hydrogen-bond acceptors (Lipinski definition) is 5. The second-order valence-corrected chi connectivity index (χ2v) is 10.1. The number of nitrogens with two attached hydrogens (primary N) is 1. The van der Waals surface area contributed by atoms with Crippen molar-refractivity contribution in [2.45, 2.75) is 75.5 Å². The highest BCUT2D eigenvalue weighted by Gasteiger charge is 2.51. The highest BCUT2D eigenvalue weighted by molar-refractivity contribution is 7.91. The number of aryl methyl sites for hydroxylation is 2. The van der Waals surface area contributed by atoms with Gasteiger partial charge >= 0.3 is 6.03 Å². The van der Waals surface area contributed by atoms with Crippen LogP contribution in [0.3, 0.4) is 0 Å². The Balaban J connectivity index is 1.49. The largest absolute Gasteiger partial charge is 0.390 e. The van der Waals surface area contributed by atoms with E-state index in [-0.39, 0.29) is 17.0 Å². The molecule has 0 bridgehead atoms. The zero-order valence-electron chi connectivity index (χ0n) is 17.0. The number of rotatable bonds is 4. The molecule has 5 rings (SSSR count). The molecule has 10 heteroatoms. The number of anilines is 1. The second kappa shape index (κ2) is 6.86. The van der Waals surface area contributed by atoms with Crippen LogP contribution in [0.2, 0.25) is 0 Å². The van der Waals surface area contributed by atoms with Crippen molar-refractivity contribution in [2.24, 2.45) is 9.50 Å². The first kappa shape index (κ1) is 19.7. The standard InChI is InChI=1S/C20H26N6O3S/c1-2-26-12(11-27)10-16(24-26)30(21,29)25-19(28)23-17-13-4-3-5-15(13)22-18-14(17)6-7-20(18)8-9-20/h10,27H,2-9,11H2,1H3,(H3,21,22,23,25,28,29). The molecule has 9 nitrogen and oxygen atoms in total. The number of aromatic nitrogens is 3. The zero-order valence-corrected chi connectivity index (χ0v) is 17.8. The number of carbonyl (C=O) groups is 1. The number of pyridine rings is 1. The number of fused-ring (bicyclic) bond motifs is 3. The fraction of sp³-hybridized carbons (Fsp3) is 0.550. The van der Waals surface area contributed by atoms with Gasteiger partial charge in [-0.3, -0.25) is 9.67 Å². The zero-order chi connectivity index (χ0) is 21.1. The maximum atomic E-state index is 12.9. The lowest BCUT2D eigenvalue weighted by Gasteiger charge is -2.16. The Morgan fingerprint density at radius 1 is 1.33 bits per heavy atom. The summed E-state index contributed by atoms with van der Waals surface area (Å²) in [7, 11) is -3.54. The lowest BCUT2D eigenvalue weighted by Crippen LogP contribution is -2.20. The molecule has 1 fully saturated rings. The van der Waals surface area contributed by atoms with Gasteiger partial charge in [0.25, 0.3) is 0 Å². The summed E-state index contributed by atoms with van der Waals surface area (Å²) >= 11 is 0. The molecule has 2 aromatic heterocycles. The number of aliphatic hydroxyl groups is 1. The van der Waals surface area contributed by atoms with Crippen molar-refractivity contribution in [1.29, 1.82) is 0 Å². The van der Waals surface area contributed by atoms with Gasteiger partial charge in [0.1, 0.15) is 0 Å². The summed E-state index contributed by atoms with van der Waals surface area (Å²) in [5.41, 5.74) is 5.88. The lowest BCUT2D eigenvalue weighted by molar-refractivity contribution is 0.260. The highest BCUT2D eigenvalue weighted by atomic mass is 32.2. The minimum Gasteiger partial charge on any atom is -0.390 e. The van der Waals surface area contributed by atoms with E-state index in [2.05, 4.69) is 14.8 Å². The van der Waals surface area contributed by atoms with Gasteiger partial charge in [-0.05, 0) is 63.0 Å². The number of urea groups is 1. The van der Waals surface area contributed by atoms with Crippen LogP contribution in [0, 0.1) is 0 Å². The third kappa shape index (κ3) is 3.05. The SMILES string of the molecule is CCn1nc(S(N)(=O)=NC(=O)Nc2c3c(nc4c2CCC42CC2)CCC3)cc1CO. The summed E-state index contributed by atoms with van der Waals surface area (Å²) in [4.78, 5) is 17.7. The van der Waals surface area contributed by atoms with Gasteiger partial charge in [-0.15, -0.1) is 4.36 Å². The molecule has 0 aliphatic heterocycles. The van der Waals surface area contributed by atoms with Gasteiger partial charge < -0.3 is 10.4 Å². The van der Waals surface area contributed by atoms with Gasteiger partial charge in [0.15, 0.2) is 14.9 Å². The predicted octanol–water partition coefficient (Wildman–Crippen LogP) is 2.19. The molecule has 1 unspecified atom stereocenters. The Labute approximate surface area is 175 Å². The molecular weight excluding hydrogens is 404 g/mol. The van der Waals surface area contributed by atoms with Gasteiger partial charge in [-0.25, -0.2) is 14.1 Å². The molecule has 3 aliphatic carbocycles. The Kier molecular flexibility index (Phi) is 4.49. The van der Waals surface area contributed by atoms with Crippen LogP contribution in [0.5, 0.6) is 0 Å². The Bertz CT molecular complexity index is 1150. The lowest BCUT2D eigenvalue weighted by atomic mass is 10.0. The summed E-state index contributed by atoms with van der Waals surface area (Å²) < 4.78 is 18.2. The minimum absolute atomic E-state index is 0.00864. The van der Waals surface area contributed by atoms with E-state index in [9.17, 15) is 14.1 Å². The molecular formula is C20H26N6O3S. The molecule has 0 saturated heterocycles. The number of carbonyl (C=O) groups excluding carboxylic acids is 1. The van der Waals surface area contributed by atoms with Gasteiger partial charge in [0, 0.05) is 23.7 Å². The molecule has 0 radical (unpaired) electrons. The number of amides is 2. The molecule has 4 N–H and O–H groups in total. The second-order valence-electron chi connectivity index (χ2n) is 8.41. The molecule has 1 spiro atoms. The molecule has 30 heavy (non-hydrogen) atoms. The molecule has 1 atom stereocenters. The van der Waals surface area contributed by atoms with Gasteiger partial charge in [0.2, 0.25) is 0 Å². The van der Waals surface area contributed by atoms with E-state index in [0.29, 0.717) is 12.2 Å². The van der Waals surface area contributed by atoms with Crippen LogP contribution in [0.4, 0.5) is 10.5 Å². The van der Waals surface area contributed by atoms with Gasteiger partial charge in [0.05, 0.1) is 23.7 Å². The summed E-state index contributed by atoms with van der Waals surface area (Å²) in [6.07, 6.45) is 7.10. The summed E-state index contributed by atoms with van der Waals surface area (Å²) in [5, 5.41) is 22.3. The van der Waals surface area contributed by atoms with Crippen molar-refractivity contribution < 1.29 is 14.1 Å². The monoisotopic (exact) mass is 430 g/mol. The van der Waals surface area contributed by atoms with E-state index in [1.807, 2.05) is 6.92 Å². The number of aliphatic hydroxyl groups excluding tert-OH is 1. The third-order valence-corrected chi connectivity index (χ3v) is 7.82. The Morgan fingerprint density at radius 3 is 2.80 bits per heavy atom. The van der Waals surface area contributed by atoms with Crippen LogP contribution in [0.15, 0.2) is 15.5 Å². The van der Waals surface area contributed by atoms with E-state index >= 15 is 0 Å². The third-order valence-electron chi connectivity index (χ3n) is 6.59. The van der Waals surface area contributed by atoms with Crippen molar-refractivity contribution in [3.05, 3.63) is 34.3 Å². The van der Waals surface area contributed by atoms with Crippen molar-refractivity contribution in [1.82, 2.24) is 14.8 Å². The molecule has 1 saturated carbocycles. The quantitative estimate of drug-likeness (QED) is 0.683. The molecule has 2 aromatic rings.